The topological polar surface area (TPSA) is 38.9 Å². The van der Waals surface area contributed by atoms with Crippen LogP contribution < -0.4 is 5.73 Å². The molecule has 1 atom stereocenters. The lowest BCUT2D eigenvalue weighted by molar-refractivity contribution is 0.637. The summed E-state index contributed by atoms with van der Waals surface area (Å²) in [4.78, 5) is 5.76. The molecule has 4 heteroatoms. The molecule has 0 bridgehead atoms. The van der Waals surface area contributed by atoms with Gasteiger partial charge in [-0.3, -0.25) is 0 Å². The lowest BCUT2D eigenvalue weighted by Gasteiger charge is -2.14. The van der Waals surface area contributed by atoms with E-state index in [1.807, 2.05) is 25.1 Å². The Balaban J connectivity index is 1.98. The molecule has 0 spiro atoms. The first-order chi connectivity index (χ1) is 10.1. The standard InChI is InChI=1S/C17H17FN2S/c1-10-11(2)21-17(20-10)9-16(19)14-7-8-15(18)13-6-4-3-5-12(13)14/h3-8,16H,9,19H2,1-2H3. The van der Waals surface area contributed by atoms with Gasteiger partial charge in [-0.15, -0.1) is 11.3 Å². The van der Waals surface area contributed by atoms with Crippen molar-refractivity contribution in [3.63, 3.8) is 0 Å². The van der Waals surface area contributed by atoms with Crippen molar-refractivity contribution >= 4 is 22.1 Å². The van der Waals surface area contributed by atoms with E-state index in [-0.39, 0.29) is 11.9 Å². The number of aryl methyl sites for hydroxylation is 2. The summed E-state index contributed by atoms with van der Waals surface area (Å²) < 4.78 is 13.9. The monoisotopic (exact) mass is 300 g/mol. The van der Waals surface area contributed by atoms with Crippen molar-refractivity contribution in [2.75, 3.05) is 0 Å². The van der Waals surface area contributed by atoms with E-state index in [2.05, 4.69) is 11.9 Å². The van der Waals surface area contributed by atoms with Crippen LogP contribution in [0, 0.1) is 19.7 Å². The van der Waals surface area contributed by atoms with Gasteiger partial charge in [0.25, 0.3) is 0 Å². The molecule has 108 valence electrons. The first-order valence-electron chi connectivity index (χ1n) is 6.92. The first-order valence-corrected chi connectivity index (χ1v) is 7.73. The summed E-state index contributed by atoms with van der Waals surface area (Å²) in [7, 11) is 0. The first kappa shape index (κ1) is 14.2. The molecule has 1 aromatic heterocycles. The van der Waals surface area contributed by atoms with Gasteiger partial charge in [-0.1, -0.05) is 30.3 Å². The van der Waals surface area contributed by atoms with Crippen LogP contribution in [0.25, 0.3) is 10.8 Å². The SMILES string of the molecule is Cc1nc(CC(N)c2ccc(F)c3ccccc23)sc1C. The van der Waals surface area contributed by atoms with Crippen molar-refractivity contribution in [2.45, 2.75) is 26.3 Å². The number of halogens is 1. The van der Waals surface area contributed by atoms with E-state index in [4.69, 9.17) is 5.73 Å². The molecule has 0 amide bonds. The van der Waals surface area contributed by atoms with Crippen LogP contribution in [0.4, 0.5) is 4.39 Å². The molecule has 0 saturated carbocycles. The summed E-state index contributed by atoms with van der Waals surface area (Å²) in [5, 5.41) is 2.54. The maximum absolute atomic E-state index is 13.9. The van der Waals surface area contributed by atoms with Gasteiger partial charge in [0.1, 0.15) is 5.82 Å². The summed E-state index contributed by atoms with van der Waals surface area (Å²) in [6.45, 7) is 4.07. The second-order valence-corrected chi connectivity index (χ2v) is 6.53. The highest BCUT2D eigenvalue weighted by atomic mass is 32.1. The van der Waals surface area contributed by atoms with E-state index in [0.29, 0.717) is 11.8 Å². The maximum atomic E-state index is 13.9. The van der Waals surface area contributed by atoms with Gasteiger partial charge < -0.3 is 5.73 Å². The van der Waals surface area contributed by atoms with E-state index < -0.39 is 0 Å². The molecule has 2 nitrogen and oxygen atoms in total. The quantitative estimate of drug-likeness (QED) is 0.783. The average molecular weight is 300 g/mol. The van der Waals surface area contributed by atoms with Crippen molar-refractivity contribution in [3.05, 3.63) is 63.4 Å². The van der Waals surface area contributed by atoms with Gasteiger partial charge in [0.15, 0.2) is 0 Å². The Kier molecular flexibility index (Phi) is 3.74. The Labute approximate surface area is 127 Å². The highest BCUT2D eigenvalue weighted by molar-refractivity contribution is 7.11. The van der Waals surface area contributed by atoms with Crippen LogP contribution in [0.2, 0.25) is 0 Å². The van der Waals surface area contributed by atoms with E-state index in [9.17, 15) is 4.39 Å². The number of thiazole rings is 1. The van der Waals surface area contributed by atoms with Crippen molar-refractivity contribution in [1.82, 2.24) is 4.98 Å². The minimum atomic E-state index is -0.206. The number of fused-ring (bicyclic) bond motifs is 1. The normalized spacial score (nSPS) is 12.8. The molecule has 0 fully saturated rings. The van der Waals surface area contributed by atoms with E-state index in [0.717, 1.165) is 21.7 Å². The van der Waals surface area contributed by atoms with Crippen LogP contribution in [-0.4, -0.2) is 4.98 Å². The lowest BCUT2D eigenvalue weighted by atomic mass is 9.97. The fraction of sp³-hybridized carbons (Fsp3) is 0.235. The second kappa shape index (κ2) is 5.54. The van der Waals surface area contributed by atoms with Gasteiger partial charge in [0, 0.05) is 22.7 Å². The van der Waals surface area contributed by atoms with Crippen LogP contribution in [0.15, 0.2) is 36.4 Å². The number of aromatic nitrogens is 1. The van der Waals surface area contributed by atoms with Gasteiger partial charge in [0.2, 0.25) is 0 Å². The third-order valence-corrected chi connectivity index (χ3v) is 4.87. The van der Waals surface area contributed by atoms with Gasteiger partial charge in [-0.05, 0) is 30.9 Å². The summed E-state index contributed by atoms with van der Waals surface area (Å²) in [6.07, 6.45) is 0.676. The van der Waals surface area contributed by atoms with Gasteiger partial charge in [-0.2, -0.15) is 0 Å². The second-order valence-electron chi connectivity index (χ2n) is 5.24. The Bertz CT molecular complexity index is 775. The fourth-order valence-corrected chi connectivity index (χ4v) is 3.53. The van der Waals surface area contributed by atoms with Gasteiger partial charge >= 0.3 is 0 Å². The lowest BCUT2D eigenvalue weighted by Crippen LogP contribution is -2.14. The van der Waals surface area contributed by atoms with Crippen LogP contribution in [-0.2, 0) is 6.42 Å². The zero-order valence-corrected chi connectivity index (χ0v) is 12.9. The summed E-state index contributed by atoms with van der Waals surface area (Å²) in [6, 6.07) is 10.6. The minimum absolute atomic E-state index is 0.180. The molecule has 3 rings (SSSR count). The number of nitrogens with two attached hydrogens (primary N) is 1. The third kappa shape index (κ3) is 2.69. The highest BCUT2D eigenvalue weighted by Gasteiger charge is 2.15. The minimum Gasteiger partial charge on any atom is -0.324 e. The fourth-order valence-electron chi connectivity index (χ4n) is 2.53. The molecule has 1 heterocycles. The number of hydrogen-bond acceptors (Lipinski definition) is 3. The summed E-state index contributed by atoms with van der Waals surface area (Å²) in [5.74, 6) is -0.206. The van der Waals surface area contributed by atoms with Gasteiger partial charge in [0.05, 0.1) is 10.7 Å². The van der Waals surface area contributed by atoms with Crippen LogP contribution in [0.1, 0.15) is 27.2 Å². The molecule has 0 aliphatic rings. The molecule has 0 aliphatic carbocycles. The Morgan fingerprint density at radius 2 is 1.86 bits per heavy atom. The van der Waals surface area contributed by atoms with E-state index in [1.165, 1.54) is 10.9 Å². The van der Waals surface area contributed by atoms with Crippen molar-refractivity contribution in [1.29, 1.82) is 0 Å². The Morgan fingerprint density at radius 3 is 2.52 bits per heavy atom. The third-order valence-electron chi connectivity index (χ3n) is 3.77. The Hall–Kier alpha value is -1.78. The average Bonchev–Trinajstić information content (AvgIpc) is 2.77. The molecule has 0 aliphatic heterocycles. The summed E-state index contributed by atoms with van der Waals surface area (Å²) in [5.41, 5.74) is 8.38. The number of benzene rings is 2. The zero-order chi connectivity index (χ0) is 15.0. The molecule has 21 heavy (non-hydrogen) atoms. The van der Waals surface area contributed by atoms with Crippen molar-refractivity contribution in [2.24, 2.45) is 5.73 Å². The molecule has 0 radical (unpaired) electrons. The molecular formula is C17H17FN2S. The predicted octanol–water partition coefficient (Wildman–Crippen LogP) is 4.29. The van der Waals surface area contributed by atoms with Crippen molar-refractivity contribution < 1.29 is 4.39 Å². The Morgan fingerprint density at radius 1 is 1.14 bits per heavy atom. The molecule has 0 saturated heterocycles. The van der Waals surface area contributed by atoms with E-state index in [1.54, 1.807) is 23.5 Å². The molecular weight excluding hydrogens is 283 g/mol. The van der Waals surface area contributed by atoms with Crippen molar-refractivity contribution in [3.8, 4) is 0 Å². The largest absolute Gasteiger partial charge is 0.324 e. The van der Waals surface area contributed by atoms with Crippen LogP contribution in [0.3, 0.4) is 0 Å². The number of nitrogens with zero attached hydrogens (tertiary/aromatic N) is 1. The summed E-state index contributed by atoms with van der Waals surface area (Å²) >= 11 is 1.68. The van der Waals surface area contributed by atoms with Crippen LogP contribution in [0.5, 0.6) is 0 Å². The number of rotatable bonds is 3. The molecule has 1 unspecified atom stereocenters. The van der Waals surface area contributed by atoms with Gasteiger partial charge in [-0.25, -0.2) is 9.37 Å². The molecule has 2 N–H and O–H groups in total. The number of hydrogen-bond donors (Lipinski definition) is 1. The van der Waals surface area contributed by atoms with E-state index >= 15 is 0 Å². The highest BCUT2D eigenvalue weighted by Crippen LogP contribution is 2.28. The zero-order valence-electron chi connectivity index (χ0n) is 12.1. The maximum Gasteiger partial charge on any atom is 0.131 e. The molecule has 3 aromatic rings. The van der Waals surface area contributed by atoms with Crippen LogP contribution >= 0.6 is 11.3 Å². The molecule has 2 aromatic carbocycles. The predicted molar refractivity (Wildman–Crippen MR) is 86.1 cm³/mol. The smallest absolute Gasteiger partial charge is 0.131 e.